The predicted molar refractivity (Wildman–Crippen MR) is 98.3 cm³/mol. The monoisotopic (exact) mass is 356 g/mol. The van der Waals surface area contributed by atoms with Gasteiger partial charge in [-0.2, -0.15) is 0 Å². The maximum absolute atomic E-state index is 12.5. The number of pyridine rings is 1. The molecule has 1 aliphatic heterocycles. The quantitative estimate of drug-likeness (QED) is 0.901. The van der Waals surface area contributed by atoms with E-state index in [-0.39, 0.29) is 22.9 Å². The molecule has 1 fully saturated rings. The van der Waals surface area contributed by atoms with Crippen molar-refractivity contribution in [2.24, 2.45) is 5.92 Å². The lowest BCUT2D eigenvalue weighted by molar-refractivity contribution is 0.0681. The van der Waals surface area contributed by atoms with E-state index in [1.807, 2.05) is 13.8 Å². The number of piperidine rings is 1. The molecule has 0 spiro atoms. The highest BCUT2D eigenvalue weighted by Crippen LogP contribution is 2.20. The second-order valence-electron chi connectivity index (χ2n) is 7.14. The van der Waals surface area contributed by atoms with Crippen LogP contribution in [0.3, 0.4) is 0 Å². The molecule has 7 nitrogen and oxygen atoms in total. The van der Waals surface area contributed by atoms with Crippen molar-refractivity contribution in [2.75, 3.05) is 13.1 Å². The van der Waals surface area contributed by atoms with Gasteiger partial charge in [-0.1, -0.05) is 13.8 Å². The second-order valence-corrected chi connectivity index (χ2v) is 7.14. The number of carbonyl (C=O) groups excluding carboxylic acids is 1. The van der Waals surface area contributed by atoms with Gasteiger partial charge in [0.2, 0.25) is 5.56 Å². The Morgan fingerprint density at radius 3 is 2.58 bits per heavy atom. The number of carbonyl (C=O) groups is 1. The van der Waals surface area contributed by atoms with Gasteiger partial charge in [-0.3, -0.25) is 19.0 Å². The molecular formula is C19H24N4O3. The number of likely N-dealkylation sites (tertiary alicyclic amines) is 1. The number of hydrogen-bond acceptors (Lipinski definition) is 4. The minimum Gasteiger partial charge on any atom is -0.339 e. The van der Waals surface area contributed by atoms with Gasteiger partial charge in [0.05, 0.1) is 17.6 Å². The molecule has 1 amide bonds. The van der Waals surface area contributed by atoms with Crippen LogP contribution in [-0.2, 0) is 6.54 Å². The highest BCUT2D eigenvalue weighted by Gasteiger charge is 2.24. The van der Waals surface area contributed by atoms with Crippen molar-refractivity contribution in [3.63, 3.8) is 0 Å². The van der Waals surface area contributed by atoms with Gasteiger partial charge in [0.15, 0.2) is 0 Å². The first kappa shape index (κ1) is 18.1. The molecule has 2 aromatic rings. The number of aromatic nitrogens is 3. The van der Waals surface area contributed by atoms with E-state index < -0.39 is 0 Å². The second kappa shape index (κ2) is 7.68. The van der Waals surface area contributed by atoms with Crippen LogP contribution in [0.4, 0.5) is 0 Å². The van der Waals surface area contributed by atoms with Crippen LogP contribution < -0.4 is 11.1 Å². The third-order valence-corrected chi connectivity index (χ3v) is 4.88. The van der Waals surface area contributed by atoms with Gasteiger partial charge >= 0.3 is 0 Å². The highest BCUT2D eigenvalue weighted by molar-refractivity contribution is 5.93. The van der Waals surface area contributed by atoms with Crippen LogP contribution in [0.15, 0.2) is 40.3 Å². The molecule has 0 aromatic carbocycles. The fourth-order valence-corrected chi connectivity index (χ4v) is 3.22. The Balaban J connectivity index is 1.58. The zero-order chi connectivity index (χ0) is 18.7. The van der Waals surface area contributed by atoms with Gasteiger partial charge in [-0.05, 0) is 30.7 Å². The van der Waals surface area contributed by atoms with Gasteiger partial charge in [-0.25, -0.2) is 4.98 Å². The van der Waals surface area contributed by atoms with Crippen molar-refractivity contribution in [1.82, 2.24) is 19.4 Å². The Kier molecular flexibility index (Phi) is 5.35. The van der Waals surface area contributed by atoms with Crippen LogP contribution in [0.1, 0.15) is 48.7 Å². The summed E-state index contributed by atoms with van der Waals surface area (Å²) in [6, 6.07) is 4.52. The summed E-state index contributed by atoms with van der Waals surface area (Å²) in [4.78, 5) is 44.5. The SMILES string of the molecule is CC(C)c1cc(=O)n(CC2CCN(C(=O)c3ccc(=O)[nH]c3)CC2)cn1. The Bertz CT molecular complexity index is 872. The third-order valence-electron chi connectivity index (χ3n) is 4.88. The molecule has 2 aromatic heterocycles. The topological polar surface area (TPSA) is 88.1 Å². The van der Waals surface area contributed by atoms with Crippen molar-refractivity contribution in [3.05, 3.63) is 62.7 Å². The summed E-state index contributed by atoms with van der Waals surface area (Å²) in [5.41, 5.74) is 1.07. The number of amides is 1. The summed E-state index contributed by atoms with van der Waals surface area (Å²) < 4.78 is 1.66. The normalized spacial score (nSPS) is 15.4. The van der Waals surface area contributed by atoms with E-state index >= 15 is 0 Å². The van der Waals surface area contributed by atoms with Gasteiger partial charge in [0, 0.05) is 38.0 Å². The van der Waals surface area contributed by atoms with Crippen molar-refractivity contribution in [1.29, 1.82) is 0 Å². The number of nitrogens with zero attached hydrogens (tertiary/aromatic N) is 3. The minimum atomic E-state index is -0.220. The Morgan fingerprint density at radius 1 is 1.27 bits per heavy atom. The lowest BCUT2D eigenvalue weighted by atomic mass is 9.96. The summed E-state index contributed by atoms with van der Waals surface area (Å²) in [6.45, 7) is 5.96. The Hall–Kier alpha value is -2.70. The minimum absolute atomic E-state index is 0.0181. The number of nitrogens with one attached hydrogen (secondary N) is 1. The van der Waals surface area contributed by atoms with Crippen molar-refractivity contribution < 1.29 is 4.79 Å². The summed E-state index contributed by atoms with van der Waals surface area (Å²) in [5, 5.41) is 0. The summed E-state index contributed by atoms with van der Waals surface area (Å²) >= 11 is 0. The number of hydrogen-bond donors (Lipinski definition) is 1. The van der Waals surface area contributed by atoms with Gasteiger partial charge in [-0.15, -0.1) is 0 Å². The molecule has 0 radical (unpaired) electrons. The van der Waals surface area contributed by atoms with Gasteiger partial charge in [0.1, 0.15) is 0 Å². The third kappa shape index (κ3) is 4.09. The van der Waals surface area contributed by atoms with E-state index in [0.717, 1.165) is 18.5 Å². The van der Waals surface area contributed by atoms with E-state index in [9.17, 15) is 14.4 Å². The molecule has 138 valence electrons. The first-order valence-electron chi connectivity index (χ1n) is 8.98. The zero-order valence-electron chi connectivity index (χ0n) is 15.1. The standard InChI is InChI=1S/C19H24N4O3/c1-13(2)16-9-18(25)23(12-21-16)11-14-5-7-22(8-6-14)19(26)15-3-4-17(24)20-10-15/h3-4,9-10,12-14H,5-8,11H2,1-2H3,(H,20,24). The molecule has 26 heavy (non-hydrogen) atoms. The van der Waals surface area contributed by atoms with E-state index in [1.165, 1.54) is 12.3 Å². The zero-order valence-corrected chi connectivity index (χ0v) is 15.1. The molecule has 0 saturated carbocycles. The molecule has 1 N–H and O–H groups in total. The van der Waals surface area contributed by atoms with Crippen LogP contribution in [0, 0.1) is 5.92 Å². The average Bonchev–Trinajstić information content (AvgIpc) is 2.64. The maximum atomic E-state index is 12.5. The summed E-state index contributed by atoms with van der Waals surface area (Å²) in [7, 11) is 0. The molecule has 3 rings (SSSR count). The first-order valence-corrected chi connectivity index (χ1v) is 8.98. The van der Waals surface area contributed by atoms with E-state index in [2.05, 4.69) is 9.97 Å². The molecule has 0 unspecified atom stereocenters. The van der Waals surface area contributed by atoms with Gasteiger partial charge in [0.25, 0.3) is 11.5 Å². The van der Waals surface area contributed by atoms with Crippen LogP contribution in [-0.4, -0.2) is 38.4 Å². The summed E-state index contributed by atoms with van der Waals surface area (Å²) in [5.74, 6) is 0.512. The lowest BCUT2D eigenvalue weighted by Gasteiger charge is -2.32. The van der Waals surface area contributed by atoms with Crippen molar-refractivity contribution in [2.45, 2.75) is 39.2 Å². The smallest absolute Gasteiger partial charge is 0.255 e. The molecule has 1 saturated heterocycles. The molecular weight excluding hydrogens is 332 g/mol. The number of H-pyrrole nitrogens is 1. The fraction of sp³-hybridized carbons (Fsp3) is 0.474. The van der Waals surface area contributed by atoms with Crippen LogP contribution >= 0.6 is 0 Å². The van der Waals surface area contributed by atoms with Crippen LogP contribution in [0.25, 0.3) is 0 Å². The number of rotatable bonds is 4. The number of aromatic amines is 1. The van der Waals surface area contributed by atoms with Crippen molar-refractivity contribution >= 4 is 5.91 Å². The van der Waals surface area contributed by atoms with Crippen molar-refractivity contribution in [3.8, 4) is 0 Å². The Labute approximate surface area is 151 Å². The molecule has 0 atom stereocenters. The molecule has 1 aliphatic rings. The van der Waals surface area contributed by atoms with E-state index in [0.29, 0.717) is 31.1 Å². The first-order chi connectivity index (χ1) is 12.4. The predicted octanol–water partition coefficient (Wildman–Crippen LogP) is 1.61. The highest BCUT2D eigenvalue weighted by atomic mass is 16.2. The van der Waals surface area contributed by atoms with Crippen LogP contribution in [0.5, 0.6) is 0 Å². The average molecular weight is 356 g/mol. The Morgan fingerprint density at radius 2 is 2.00 bits per heavy atom. The lowest BCUT2D eigenvalue weighted by Crippen LogP contribution is -2.40. The molecule has 3 heterocycles. The maximum Gasteiger partial charge on any atom is 0.255 e. The molecule has 0 aliphatic carbocycles. The van der Waals surface area contributed by atoms with Crippen LogP contribution in [0.2, 0.25) is 0 Å². The fourth-order valence-electron chi connectivity index (χ4n) is 3.22. The van der Waals surface area contributed by atoms with E-state index in [1.54, 1.807) is 27.9 Å². The molecule has 7 heteroatoms. The molecule has 0 bridgehead atoms. The van der Waals surface area contributed by atoms with Gasteiger partial charge < -0.3 is 9.88 Å². The van der Waals surface area contributed by atoms with E-state index in [4.69, 9.17) is 0 Å². The summed E-state index contributed by atoms with van der Waals surface area (Å²) in [6.07, 6.45) is 4.77. The largest absolute Gasteiger partial charge is 0.339 e.